The summed E-state index contributed by atoms with van der Waals surface area (Å²) in [6.07, 6.45) is 0. The normalized spacial score (nSPS) is 11.0. The smallest absolute Gasteiger partial charge is 0.134 e. The molecule has 0 saturated carbocycles. The van der Waals surface area contributed by atoms with Gasteiger partial charge in [-0.1, -0.05) is 6.07 Å². The van der Waals surface area contributed by atoms with Crippen molar-refractivity contribution in [3.8, 4) is 0 Å². The Morgan fingerprint density at radius 3 is 3.00 bits per heavy atom. The quantitative estimate of drug-likeness (QED) is 0.696. The minimum Gasteiger partial charge on any atom is -0.326 e. The monoisotopic (exact) mass is 179 g/mol. The van der Waals surface area contributed by atoms with Gasteiger partial charge in [0.05, 0.1) is 10.9 Å². The lowest BCUT2D eigenvalue weighted by atomic mass is 10.1. The molecular formula is C9H10FN3. The third kappa shape index (κ3) is 1.10. The lowest BCUT2D eigenvalue weighted by Crippen LogP contribution is -1.97. The molecule has 0 bridgehead atoms. The number of nitrogens with zero attached hydrogens (tertiary/aromatic N) is 1. The average Bonchev–Trinajstić information content (AvgIpc) is 2.50. The van der Waals surface area contributed by atoms with Crippen molar-refractivity contribution in [3.63, 3.8) is 0 Å². The fourth-order valence-electron chi connectivity index (χ4n) is 1.45. The first-order valence-corrected chi connectivity index (χ1v) is 4.06. The number of aryl methyl sites for hydroxylation is 1. The van der Waals surface area contributed by atoms with E-state index in [0.29, 0.717) is 17.4 Å². The first-order valence-electron chi connectivity index (χ1n) is 4.06. The highest BCUT2D eigenvalue weighted by atomic mass is 19.1. The second-order valence-electron chi connectivity index (χ2n) is 2.98. The Kier molecular flexibility index (Phi) is 1.77. The van der Waals surface area contributed by atoms with Gasteiger partial charge in [0, 0.05) is 12.2 Å². The fourth-order valence-corrected chi connectivity index (χ4v) is 1.45. The number of aromatic nitrogens is 2. The Morgan fingerprint density at radius 2 is 2.31 bits per heavy atom. The summed E-state index contributed by atoms with van der Waals surface area (Å²) >= 11 is 0. The number of benzene rings is 1. The number of H-pyrrole nitrogens is 1. The van der Waals surface area contributed by atoms with Gasteiger partial charge in [0.1, 0.15) is 5.82 Å². The van der Waals surface area contributed by atoms with Gasteiger partial charge in [0.15, 0.2) is 0 Å². The molecule has 0 atom stereocenters. The Labute approximate surface area is 74.7 Å². The molecule has 0 aliphatic heterocycles. The number of hydrogen-bond acceptors (Lipinski definition) is 2. The Bertz CT molecular complexity index is 447. The van der Waals surface area contributed by atoms with Crippen molar-refractivity contribution in [3.05, 3.63) is 29.2 Å². The highest BCUT2D eigenvalue weighted by Gasteiger charge is 2.09. The molecule has 0 unspecified atom stereocenters. The van der Waals surface area contributed by atoms with E-state index in [9.17, 15) is 4.39 Å². The SMILES string of the molecule is Cc1[nH]nc2c(CN)ccc(F)c12. The zero-order valence-corrected chi connectivity index (χ0v) is 7.26. The summed E-state index contributed by atoms with van der Waals surface area (Å²) in [7, 11) is 0. The Hall–Kier alpha value is -1.42. The number of aromatic amines is 1. The molecule has 0 aliphatic rings. The van der Waals surface area contributed by atoms with Crippen LogP contribution in [0.2, 0.25) is 0 Å². The molecule has 0 amide bonds. The molecular weight excluding hydrogens is 169 g/mol. The van der Waals surface area contributed by atoms with Crippen molar-refractivity contribution in [2.45, 2.75) is 13.5 Å². The van der Waals surface area contributed by atoms with Crippen LogP contribution in [-0.2, 0) is 6.54 Å². The van der Waals surface area contributed by atoms with E-state index >= 15 is 0 Å². The maximum absolute atomic E-state index is 13.3. The van der Waals surface area contributed by atoms with E-state index in [1.54, 1.807) is 13.0 Å². The van der Waals surface area contributed by atoms with E-state index in [4.69, 9.17) is 5.73 Å². The lowest BCUT2D eigenvalue weighted by molar-refractivity contribution is 0.639. The van der Waals surface area contributed by atoms with Crippen molar-refractivity contribution in [2.24, 2.45) is 5.73 Å². The van der Waals surface area contributed by atoms with Crippen LogP contribution in [0.25, 0.3) is 10.9 Å². The van der Waals surface area contributed by atoms with Crippen LogP contribution in [0.3, 0.4) is 0 Å². The van der Waals surface area contributed by atoms with Crippen molar-refractivity contribution >= 4 is 10.9 Å². The van der Waals surface area contributed by atoms with E-state index in [0.717, 1.165) is 11.3 Å². The topological polar surface area (TPSA) is 54.7 Å². The van der Waals surface area contributed by atoms with Crippen LogP contribution in [0, 0.1) is 12.7 Å². The molecule has 0 radical (unpaired) electrons. The number of rotatable bonds is 1. The van der Waals surface area contributed by atoms with Crippen LogP contribution < -0.4 is 5.73 Å². The highest BCUT2D eigenvalue weighted by Crippen LogP contribution is 2.22. The van der Waals surface area contributed by atoms with E-state index in [2.05, 4.69) is 10.2 Å². The molecule has 3 N–H and O–H groups in total. The second-order valence-corrected chi connectivity index (χ2v) is 2.98. The van der Waals surface area contributed by atoms with Gasteiger partial charge in [0.25, 0.3) is 0 Å². The third-order valence-electron chi connectivity index (χ3n) is 2.14. The number of halogens is 1. The predicted octanol–water partition coefficient (Wildman–Crippen LogP) is 1.47. The third-order valence-corrected chi connectivity index (χ3v) is 2.14. The van der Waals surface area contributed by atoms with Gasteiger partial charge < -0.3 is 5.73 Å². The lowest BCUT2D eigenvalue weighted by Gasteiger charge is -1.98. The minimum atomic E-state index is -0.251. The van der Waals surface area contributed by atoms with Gasteiger partial charge in [0.2, 0.25) is 0 Å². The molecule has 1 aromatic heterocycles. The molecule has 4 heteroatoms. The van der Waals surface area contributed by atoms with Crippen molar-refractivity contribution < 1.29 is 4.39 Å². The number of nitrogens with two attached hydrogens (primary N) is 1. The van der Waals surface area contributed by atoms with Crippen molar-refractivity contribution in [1.29, 1.82) is 0 Å². The van der Waals surface area contributed by atoms with Crippen molar-refractivity contribution in [2.75, 3.05) is 0 Å². The van der Waals surface area contributed by atoms with E-state index in [1.807, 2.05) is 0 Å². The predicted molar refractivity (Wildman–Crippen MR) is 48.7 cm³/mol. The summed E-state index contributed by atoms with van der Waals surface area (Å²) in [5.41, 5.74) is 7.74. The molecule has 0 fully saturated rings. The summed E-state index contributed by atoms with van der Waals surface area (Å²) in [5.74, 6) is -0.251. The summed E-state index contributed by atoms with van der Waals surface area (Å²) < 4.78 is 13.3. The number of hydrogen-bond donors (Lipinski definition) is 2. The van der Waals surface area contributed by atoms with Gasteiger partial charge in [-0.3, -0.25) is 5.10 Å². The molecule has 1 heterocycles. The van der Waals surface area contributed by atoms with E-state index in [1.165, 1.54) is 6.07 Å². The summed E-state index contributed by atoms with van der Waals surface area (Å²) in [6.45, 7) is 2.17. The van der Waals surface area contributed by atoms with E-state index in [-0.39, 0.29) is 5.82 Å². The van der Waals surface area contributed by atoms with Crippen LogP contribution >= 0.6 is 0 Å². The van der Waals surface area contributed by atoms with Gasteiger partial charge >= 0.3 is 0 Å². The first kappa shape index (κ1) is 8.19. The summed E-state index contributed by atoms with van der Waals surface area (Å²) in [6, 6.07) is 3.09. The molecule has 0 spiro atoms. The second kappa shape index (κ2) is 2.81. The van der Waals surface area contributed by atoms with Crippen LogP contribution in [0.15, 0.2) is 12.1 Å². The molecule has 2 rings (SSSR count). The Balaban J connectivity index is 2.87. The number of fused-ring (bicyclic) bond motifs is 1. The van der Waals surface area contributed by atoms with Crippen LogP contribution in [0.5, 0.6) is 0 Å². The fraction of sp³-hybridized carbons (Fsp3) is 0.222. The average molecular weight is 179 g/mol. The van der Waals surface area contributed by atoms with Crippen LogP contribution in [0.1, 0.15) is 11.3 Å². The maximum atomic E-state index is 13.3. The standard InChI is InChI=1S/C9H10FN3/c1-5-8-7(10)3-2-6(4-11)9(8)13-12-5/h2-3H,4,11H2,1H3,(H,12,13). The Morgan fingerprint density at radius 1 is 1.54 bits per heavy atom. The molecule has 68 valence electrons. The van der Waals surface area contributed by atoms with Crippen molar-refractivity contribution in [1.82, 2.24) is 10.2 Å². The minimum absolute atomic E-state index is 0.251. The first-order chi connectivity index (χ1) is 6.24. The molecule has 2 aromatic rings. The van der Waals surface area contributed by atoms with Crippen LogP contribution in [0.4, 0.5) is 4.39 Å². The van der Waals surface area contributed by atoms with Gasteiger partial charge in [-0.05, 0) is 18.6 Å². The number of nitrogens with one attached hydrogen (secondary N) is 1. The van der Waals surface area contributed by atoms with Crippen LogP contribution in [-0.4, -0.2) is 10.2 Å². The largest absolute Gasteiger partial charge is 0.326 e. The molecule has 0 saturated heterocycles. The molecule has 3 nitrogen and oxygen atoms in total. The maximum Gasteiger partial charge on any atom is 0.134 e. The van der Waals surface area contributed by atoms with Gasteiger partial charge in [-0.15, -0.1) is 0 Å². The molecule has 0 aliphatic carbocycles. The molecule has 13 heavy (non-hydrogen) atoms. The van der Waals surface area contributed by atoms with Gasteiger partial charge in [-0.25, -0.2) is 4.39 Å². The van der Waals surface area contributed by atoms with Gasteiger partial charge in [-0.2, -0.15) is 5.10 Å². The zero-order valence-electron chi connectivity index (χ0n) is 7.26. The summed E-state index contributed by atoms with van der Waals surface area (Å²) in [4.78, 5) is 0. The summed E-state index contributed by atoms with van der Waals surface area (Å²) in [5, 5.41) is 7.30. The van der Waals surface area contributed by atoms with E-state index < -0.39 is 0 Å². The molecule has 1 aromatic carbocycles. The zero-order chi connectivity index (χ0) is 9.42. The highest BCUT2D eigenvalue weighted by molar-refractivity contribution is 5.84.